The maximum atomic E-state index is 3.82. The predicted octanol–water partition coefficient (Wildman–Crippen LogP) is 5.63. The Kier molecular flexibility index (Phi) is 5.48. The van der Waals surface area contributed by atoms with Crippen LogP contribution in [0.5, 0.6) is 0 Å². The van der Waals surface area contributed by atoms with Gasteiger partial charge in [0.1, 0.15) is 0 Å². The van der Waals surface area contributed by atoms with Crippen molar-refractivity contribution < 1.29 is 0 Å². The smallest absolute Gasteiger partial charge is 0.0354 e. The Hall–Kier alpha value is -0.820. The summed E-state index contributed by atoms with van der Waals surface area (Å²) in [4.78, 5) is 0. The van der Waals surface area contributed by atoms with Crippen LogP contribution in [-0.2, 0) is 0 Å². The lowest BCUT2D eigenvalue weighted by atomic mass is 9.87. The molecule has 21 heavy (non-hydrogen) atoms. The first-order valence-corrected chi connectivity index (χ1v) is 8.82. The molecule has 0 radical (unpaired) electrons. The molecule has 1 heteroatoms. The maximum Gasteiger partial charge on any atom is 0.0354 e. The van der Waals surface area contributed by atoms with Gasteiger partial charge in [-0.25, -0.2) is 0 Å². The summed E-state index contributed by atoms with van der Waals surface area (Å²) in [5.74, 6) is 2.92. The quantitative estimate of drug-likeness (QED) is 0.685. The van der Waals surface area contributed by atoms with E-state index < -0.39 is 0 Å². The lowest BCUT2D eigenvalue weighted by molar-refractivity contribution is 0.458. The molecule has 1 N–H and O–H groups in total. The summed E-state index contributed by atoms with van der Waals surface area (Å²) < 4.78 is 0. The molecule has 1 fully saturated rings. The second-order valence-electron chi connectivity index (χ2n) is 7.51. The Morgan fingerprint density at radius 3 is 2.24 bits per heavy atom. The third-order valence-electron chi connectivity index (χ3n) is 4.95. The van der Waals surface area contributed by atoms with E-state index in [0.717, 1.165) is 18.4 Å². The second kappa shape index (κ2) is 6.96. The molecule has 2 rings (SSSR count). The van der Waals surface area contributed by atoms with Crippen molar-refractivity contribution >= 4 is 0 Å². The van der Waals surface area contributed by atoms with Gasteiger partial charge in [0.25, 0.3) is 0 Å². The minimum atomic E-state index is 0.554. The van der Waals surface area contributed by atoms with E-state index in [0.29, 0.717) is 17.9 Å². The van der Waals surface area contributed by atoms with Crippen molar-refractivity contribution in [2.75, 3.05) is 6.54 Å². The van der Waals surface area contributed by atoms with E-state index in [2.05, 4.69) is 65.1 Å². The van der Waals surface area contributed by atoms with Crippen LogP contribution in [0.1, 0.15) is 89.0 Å². The van der Waals surface area contributed by atoms with E-state index in [9.17, 15) is 0 Å². The Morgan fingerprint density at radius 2 is 1.76 bits per heavy atom. The molecule has 1 nitrogen and oxygen atoms in total. The van der Waals surface area contributed by atoms with Crippen molar-refractivity contribution in [1.29, 1.82) is 0 Å². The van der Waals surface area contributed by atoms with Crippen LogP contribution in [0.2, 0.25) is 0 Å². The molecule has 3 unspecified atom stereocenters. The Bertz CT molecular complexity index is 461. The molecule has 0 bridgehead atoms. The van der Waals surface area contributed by atoms with E-state index in [1.165, 1.54) is 18.4 Å². The van der Waals surface area contributed by atoms with Crippen LogP contribution in [-0.4, -0.2) is 6.54 Å². The highest BCUT2D eigenvalue weighted by atomic mass is 14.9. The number of benzene rings is 1. The van der Waals surface area contributed by atoms with Gasteiger partial charge < -0.3 is 5.32 Å². The maximum absolute atomic E-state index is 3.82. The molecule has 3 atom stereocenters. The van der Waals surface area contributed by atoms with E-state index in [-0.39, 0.29) is 0 Å². The SMILES string of the molecule is CCCNC(c1ccc(C(C)C)cc1C(C)C)C1CC1C. The van der Waals surface area contributed by atoms with Crippen LogP contribution in [0, 0.1) is 11.8 Å². The molecule has 1 aromatic rings. The van der Waals surface area contributed by atoms with Gasteiger partial charge in [-0.05, 0) is 59.7 Å². The number of rotatable bonds is 7. The summed E-state index contributed by atoms with van der Waals surface area (Å²) in [6.07, 6.45) is 2.59. The van der Waals surface area contributed by atoms with Gasteiger partial charge in [-0.1, -0.05) is 59.7 Å². The summed E-state index contributed by atoms with van der Waals surface area (Å²) in [6.45, 7) is 15.0. The molecule has 0 heterocycles. The molecule has 1 aromatic carbocycles. The molecular formula is C20H33N. The molecule has 0 saturated heterocycles. The van der Waals surface area contributed by atoms with Gasteiger partial charge in [0.2, 0.25) is 0 Å². The first kappa shape index (κ1) is 16.5. The number of hydrogen-bond acceptors (Lipinski definition) is 1. The average molecular weight is 287 g/mol. The predicted molar refractivity (Wildman–Crippen MR) is 92.9 cm³/mol. The molecule has 0 amide bonds. The highest BCUT2D eigenvalue weighted by Gasteiger charge is 2.40. The van der Waals surface area contributed by atoms with Gasteiger partial charge in [0.05, 0.1) is 0 Å². The zero-order chi connectivity index (χ0) is 15.6. The minimum absolute atomic E-state index is 0.554. The third kappa shape index (κ3) is 3.88. The third-order valence-corrected chi connectivity index (χ3v) is 4.95. The highest BCUT2D eigenvalue weighted by Crippen LogP contribution is 2.48. The zero-order valence-corrected chi connectivity index (χ0v) is 14.7. The monoisotopic (exact) mass is 287 g/mol. The molecule has 0 aliphatic heterocycles. The van der Waals surface area contributed by atoms with Crippen LogP contribution in [0.15, 0.2) is 18.2 Å². The lowest BCUT2D eigenvalue weighted by Crippen LogP contribution is -2.25. The first-order valence-electron chi connectivity index (χ1n) is 8.82. The summed E-state index contributed by atoms with van der Waals surface area (Å²) in [7, 11) is 0. The van der Waals surface area contributed by atoms with Gasteiger partial charge >= 0.3 is 0 Å². The van der Waals surface area contributed by atoms with Crippen LogP contribution < -0.4 is 5.32 Å². The van der Waals surface area contributed by atoms with Gasteiger partial charge in [0, 0.05) is 6.04 Å². The van der Waals surface area contributed by atoms with Gasteiger partial charge in [0.15, 0.2) is 0 Å². The molecule has 1 saturated carbocycles. The summed E-state index contributed by atoms with van der Waals surface area (Å²) >= 11 is 0. The van der Waals surface area contributed by atoms with Crippen molar-refractivity contribution in [1.82, 2.24) is 5.32 Å². The summed E-state index contributed by atoms with van der Waals surface area (Å²) in [6, 6.07) is 7.76. The van der Waals surface area contributed by atoms with E-state index in [1.807, 2.05) is 0 Å². The molecular weight excluding hydrogens is 254 g/mol. The van der Waals surface area contributed by atoms with Crippen LogP contribution in [0.4, 0.5) is 0 Å². The Labute approximate surface area is 131 Å². The van der Waals surface area contributed by atoms with Crippen LogP contribution >= 0.6 is 0 Å². The second-order valence-corrected chi connectivity index (χ2v) is 7.51. The summed E-state index contributed by atoms with van der Waals surface area (Å²) in [5.41, 5.74) is 4.58. The van der Waals surface area contributed by atoms with E-state index >= 15 is 0 Å². The molecule has 118 valence electrons. The zero-order valence-electron chi connectivity index (χ0n) is 14.7. The largest absolute Gasteiger partial charge is 0.310 e. The molecule has 0 spiro atoms. The van der Waals surface area contributed by atoms with Crippen molar-refractivity contribution in [2.45, 2.75) is 72.3 Å². The van der Waals surface area contributed by atoms with Crippen LogP contribution in [0.25, 0.3) is 0 Å². The van der Waals surface area contributed by atoms with Gasteiger partial charge in [-0.2, -0.15) is 0 Å². The van der Waals surface area contributed by atoms with Crippen molar-refractivity contribution in [3.63, 3.8) is 0 Å². The first-order chi connectivity index (χ1) is 9.95. The topological polar surface area (TPSA) is 12.0 Å². The highest BCUT2D eigenvalue weighted by molar-refractivity contribution is 5.38. The fraction of sp³-hybridized carbons (Fsp3) is 0.700. The van der Waals surface area contributed by atoms with Gasteiger partial charge in [-0.15, -0.1) is 0 Å². The average Bonchev–Trinajstić information content (AvgIpc) is 3.15. The fourth-order valence-electron chi connectivity index (χ4n) is 3.34. The Balaban J connectivity index is 2.34. The lowest BCUT2D eigenvalue weighted by Gasteiger charge is -2.25. The molecule has 0 aromatic heterocycles. The molecule has 1 aliphatic carbocycles. The minimum Gasteiger partial charge on any atom is -0.310 e. The fourth-order valence-corrected chi connectivity index (χ4v) is 3.34. The van der Waals surface area contributed by atoms with E-state index in [1.54, 1.807) is 11.1 Å². The number of hydrogen-bond donors (Lipinski definition) is 1. The van der Waals surface area contributed by atoms with Gasteiger partial charge in [-0.3, -0.25) is 0 Å². The van der Waals surface area contributed by atoms with Crippen molar-refractivity contribution in [2.24, 2.45) is 11.8 Å². The van der Waals surface area contributed by atoms with Crippen molar-refractivity contribution in [3.05, 3.63) is 34.9 Å². The summed E-state index contributed by atoms with van der Waals surface area (Å²) in [5, 5.41) is 3.82. The number of nitrogens with one attached hydrogen (secondary N) is 1. The van der Waals surface area contributed by atoms with Crippen molar-refractivity contribution in [3.8, 4) is 0 Å². The molecule has 1 aliphatic rings. The standard InChI is InChI=1S/C20H33N/c1-7-10-21-20(19-11-15(19)6)17-9-8-16(13(2)3)12-18(17)14(4)5/h8-9,12-15,19-21H,7,10-11H2,1-6H3. The normalized spacial score (nSPS) is 22.9. The van der Waals surface area contributed by atoms with E-state index in [4.69, 9.17) is 0 Å². The van der Waals surface area contributed by atoms with Crippen LogP contribution in [0.3, 0.4) is 0 Å². The Morgan fingerprint density at radius 1 is 1.10 bits per heavy atom.